The van der Waals surface area contributed by atoms with Crippen LogP contribution in [0.4, 0.5) is 0 Å². The predicted molar refractivity (Wildman–Crippen MR) is 273 cm³/mol. The van der Waals surface area contributed by atoms with Crippen molar-refractivity contribution in [2.75, 3.05) is 0 Å². The van der Waals surface area contributed by atoms with E-state index in [-0.39, 0.29) is 0 Å². The third-order valence-corrected chi connectivity index (χ3v) is 12.9. The molecular formula is C61H39N5. The monoisotopic (exact) mass is 841 g/mol. The molecule has 9 aromatic carbocycles. The first-order valence-electron chi connectivity index (χ1n) is 22.4. The Hall–Kier alpha value is -8.93. The van der Waals surface area contributed by atoms with Gasteiger partial charge in [0.2, 0.25) is 0 Å². The van der Waals surface area contributed by atoms with E-state index in [0.717, 1.165) is 89.5 Å². The van der Waals surface area contributed by atoms with Gasteiger partial charge in [0.15, 0.2) is 0 Å². The molecule has 5 nitrogen and oxygen atoms in total. The first kappa shape index (κ1) is 37.6. The quantitative estimate of drug-likeness (QED) is 0.161. The van der Waals surface area contributed by atoms with Gasteiger partial charge in [-0.3, -0.25) is 4.98 Å². The van der Waals surface area contributed by atoms with Crippen LogP contribution >= 0.6 is 0 Å². The minimum Gasteiger partial charge on any atom is -0.307 e. The predicted octanol–water partition coefficient (Wildman–Crippen LogP) is 15.6. The summed E-state index contributed by atoms with van der Waals surface area (Å²) < 4.78 is 4.87. The van der Waals surface area contributed by atoms with Crippen molar-refractivity contribution in [3.8, 4) is 67.4 Å². The molecule has 0 radical (unpaired) electrons. The van der Waals surface area contributed by atoms with Crippen LogP contribution in [0.2, 0.25) is 0 Å². The fraction of sp³-hybridized carbons (Fsp3) is 0. The number of hydrogen-bond donors (Lipinski definition) is 0. The second-order valence-electron chi connectivity index (χ2n) is 16.8. The van der Waals surface area contributed by atoms with E-state index < -0.39 is 0 Å². The van der Waals surface area contributed by atoms with Gasteiger partial charge >= 0.3 is 0 Å². The van der Waals surface area contributed by atoms with Crippen molar-refractivity contribution in [2.24, 2.45) is 0 Å². The van der Waals surface area contributed by atoms with E-state index in [9.17, 15) is 0 Å². The van der Waals surface area contributed by atoms with Gasteiger partial charge in [-0.05, 0) is 59.2 Å². The lowest BCUT2D eigenvalue weighted by Gasteiger charge is -2.16. The van der Waals surface area contributed by atoms with Crippen molar-refractivity contribution >= 4 is 54.6 Å². The van der Waals surface area contributed by atoms with Gasteiger partial charge in [-0.2, -0.15) is 0 Å². The fourth-order valence-corrected chi connectivity index (χ4v) is 9.96. The minimum absolute atomic E-state index is 0.738. The van der Waals surface area contributed by atoms with Crippen molar-refractivity contribution in [1.82, 2.24) is 24.1 Å². The molecule has 0 saturated heterocycles. The third kappa shape index (κ3) is 6.05. The molecular weight excluding hydrogens is 803 g/mol. The number of aromatic nitrogens is 5. The number of pyridine rings is 1. The Bertz CT molecular complexity index is 3970. The van der Waals surface area contributed by atoms with E-state index in [4.69, 9.17) is 15.0 Å². The van der Waals surface area contributed by atoms with Gasteiger partial charge < -0.3 is 9.13 Å². The SMILES string of the molecule is c1ccc(-c2cccc(-c3cnc(-c4cccc(-n5c6ccccc6c6ccc7c8ccccc8n(-c8ccccc8)c7c65)c4)c4nc(-c5ccccc5)c(-c5ccccc5)nc34)c2)cc1. The van der Waals surface area contributed by atoms with E-state index in [1.807, 2.05) is 18.3 Å². The van der Waals surface area contributed by atoms with Crippen molar-refractivity contribution in [2.45, 2.75) is 0 Å². The summed E-state index contributed by atoms with van der Waals surface area (Å²) in [5.74, 6) is 0. The van der Waals surface area contributed by atoms with Gasteiger partial charge in [0.05, 0.1) is 39.1 Å². The molecule has 0 aliphatic carbocycles. The number of para-hydroxylation sites is 3. The summed E-state index contributed by atoms with van der Waals surface area (Å²) in [5.41, 5.74) is 17.9. The maximum absolute atomic E-state index is 5.63. The molecule has 0 unspecified atom stereocenters. The maximum Gasteiger partial charge on any atom is 0.116 e. The van der Waals surface area contributed by atoms with Crippen LogP contribution in [0, 0.1) is 0 Å². The van der Waals surface area contributed by atoms with Crippen LogP contribution in [-0.2, 0) is 0 Å². The first-order valence-corrected chi connectivity index (χ1v) is 22.4. The Balaban J connectivity index is 1.09. The molecule has 4 aromatic heterocycles. The smallest absolute Gasteiger partial charge is 0.116 e. The van der Waals surface area contributed by atoms with E-state index >= 15 is 0 Å². The lowest BCUT2D eigenvalue weighted by atomic mass is 9.97. The summed E-state index contributed by atoms with van der Waals surface area (Å²) in [6.07, 6.45) is 1.99. The molecule has 0 fully saturated rings. The zero-order chi connectivity index (χ0) is 43.6. The Morgan fingerprint density at radius 3 is 1.36 bits per heavy atom. The zero-order valence-corrected chi connectivity index (χ0v) is 35.8. The highest BCUT2D eigenvalue weighted by molar-refractivity contribution is 6.24. The van der Waals surface area contributed by atoms with E-state index in [0.29, 0.717) is 0 Å². The van der Waals surface area contributed by atoms with Crippen LogP contribution in [0.1, 0.15) is 0 Å². The molecule has 0 aliphatic heterocycles. The maximum atomic E-state index is 5.63. The van der Waals surface area contributed by atoms with Gasteiger partial charge in [0.1, 0.15) is 11.0 Å². The van der Waals surface area contributed by atoms with Crippen molar-refractivity contribution in [3.63, 3.8) is 0 Å². The largest absolute Gasteiger partial charge is 0.307 e. The summed E-state index contributed by atoms with van der Waals surface area (Å²) in [7, 11) is 0. The van der Waals surface area contributed by atoms with Crippen LogP contribution < -0.4 is 0 Å². The average Bonchev–Trinajstić information content (AvgIpc) is 3.92. The standard InChI is InChI=1S/C61H39N5/c1-5-19-40(20-6-1)43-25-17-26-44(37-43)52-39-62-55(59-58(52)63-56(41-21-7-2-8-22-41)57(64-59)42-23-9-3-10-24-42)45-27-18-30-47(38-45)66-54-34-16-14-32-49(54)51-36-35-50-48-31-13-15-33-53(48)65(60(50)61(51)66)46-28-11-4-12-29-46/h1-39H. The number of benzene rings is 9. The molecule has 0 amide bonds. The number of fused-ring (bicyclic) bond motifs is 8. The number of rotatable bonds is 7. The van der Waals surface area contributed by atoms with Gasteiger partial charge in [-0.15, -0.1) is 0 Å². The highest BCUT2D eigenvalue weighted by Crippen LogP contribution is 2.43. The van der Waals surface area contributed by atoms with Crippen LogP contribution in [0.15, 0.2) is 237 Å². The summed E-state index contributed by atoms with van der Waals surface area (Å²) >= 11 is 0. The summed E-state index contributed by atoms with van der Waals surface area (Å²) in [4.78, 5) is 16.6. The van der Waals surface area contributed by atoms with Gasteiger partial charge in [0, 0.05) is 61.4 Å². The summed E-state index contributed by atoms with van der Waals surface area (Å²) in [6, 6.07) is 81.5. The van der Waals surface area contributed by atoms with Crippen LogP contribution in [-0.4, -0.2) is 24.1 Å². The van der Waals surface area contributed by atoms with Crippen molar-refractivity contribution in [1.29, 1.82) is 0 Å². The molecule has 5 heteroatoms. The normalized spacial score (nSPS) is 11.6. The molecule has 13 aromatic rings. The summed E-state index contributed by atoms with van der Waals surface area (Å²) in [6.45, 7) is 0. The van der Waals surface area contributed by atoms with Crippen molar-refractivity contribution in [3.05, 3.63) is 237 Å². The average molecular weight is 842 g/mol. The number of nitrogens with zero attached hydrogens (tertiary/aromatic N) is 5. The van der Waals surface area contributed by atoms with E-state index in [1.54, 1.807) is 0 Å². The van der Waals surface area contributed by atoms with E-state index in [2.05, 4.69) is 228 Å². The lowest BCUT2D eigenvalue weighted by molar-refractivity contribution is 1.15. The fourth-order valence-electron chi connectivity index (χ4n) is 9.96. The minimum atomic E-state index is 0.738. The van der Waals surface area contributed by atoms with Gasteiger partial charge in [-0.25, -0.2) is 9.97 Å². The molecule has 13 rings (SSSR count). The highest BCUT2D eigenvalue weighted by Gasteiger charge is 2.23. The molecule has 4 heterocycles. The second kappa shape index (κ2) is 15.4. The Morgan fingerprint density at radius 1 is 0.288 bits per heavy atom. The number of hydrogen-bond acceptors (Lipinski definition) is 3. The molecule has 0 bridgehead atoms. The zero-order valence-electron chi connectivity index (χ0n) is 35.8. The molecule has 0 atom stereocenters. The second-order valence-corrected chi connectivity index (χ2v) is 16.8. The van der Waals surface area contributed by atoms with Gasteiger partial charge in [-0.1, -0.05) is 188 Å². The topological polar surface area (TPSA) is 48.5 Å². The van der Waals surface area contributed by atoms with E-state index in [1.165, 1.54) is 32.6 Å². The van der Waals surface area contributed by atoms with Crippen molar-refractivity contribution < 1.29 is 0 Å². The summed E-state index contributed by atoms with van der Waals surface area (Å²) in [5, 5.41) is 4.82. The third-order valence-electron chi connectivity index (χ3n) is 12.9. The molecule has 0 spiro atoms. The highest BCUT2D eigenvalue weighted by atomic mass is 15.0. The molecule has 308 valence electrons. The van der Waals surface area contributed by atoms with Gasteiger partial charge in [0.25, 0.3) is 0 Å². The molecule has 0 N–H and O–H groups in total. The first-order chi connectivity index (χ1) is 32.8. The molecule has 0 saturated carbocycles. The lowest BCUT2D eigenvalue weighted by Crippen LogP contribution is -2.01. The molecule has 66 heavy (non-hydrogen) atoms. The van der Waals surface area contributed by atoms with Crippen LogP contribution in [0.3, 0.4) is 0 Å². The Kier molecular flexibility index (Phi) is 8.78. The van der Waals surface area contributed by atoms with Crippen LogP contribution in [0.25, 0.3) is 122 Å². The molecule has 0 aliphatic rings. The van der Waals surface area contributed by atoms with Crippen LogP contribution in [0.5, 0.6) is 0 Å². The Labute approximate surface area is 381 Å². The Morgan fingerprint density at radius 2 is 0.742 bits per heavy atom.